The van der Waals surface area contributed by atoms with Crippen molar-refractivity contribution in [2.24, 2.45) is 11.3 Å². The fraction of sp³-hybridized carbons (Fsp3) is 0.769. The van der Waals surface area contributed by atoms with E-state index in [-0.39, 0.29) is 0 Å². The van der Waals surface area contributed by atoms with Crippen LogP contribution in [-0.4, -0.2) is 17.6 Å². The van der Waals surface area contributed by atoms with Crippen molar-refractivity contribution < 1.29 is 0 Å². The molecular weight excluding hydrogens is 216 g/mol. The van der Waals surface area contributed by atoms with Crippen molar-refractivity contribution in [3.8, 4) is 0 Å². The van der Waals surface area contributed by atoms with Crippen molar-refractivity contribution in [2.75, 3.05) is 6.54 Å². The van der Waals surface area contributed by atoms with E-state index in [9.17, 15) is 0 Å². The van der Waals surface area contributed by atoms with Crippen LogP contribution in [0.15, 0.2) is 11.7 Å². The number of aromatic nitrogens is 1. The van der Waals surface area contributed by atoms with E-state index in [1.807, 2.05) is 11.7 Å². The molecule has 1 N–H and O–H groups in total. The van der Waals surface area contributed by atoms with Gasteiger partial charge in [0.15, 0.2) is 0 Å². The van der Waals surface area contributed by atoms with Gasteiger partial charge in [-0.05, 0) is 37.1 Å². The molecule has 1 unspecified atom stereocenters. The molecule has 1 aliphatic rings. The SMILES string of the molecule is CC(C)(C)C(CNC1CC1)Cc1cncs1. The summed E-state index contributed by atoms with van der Waals surface area (Å²) in [6.45, 7) is 8.17. The molecule has 1 saturated carbocycles. The maximum atomic E-state index is 4.16. The Hall–Kier alpha value is -0.410. The largest absolute Gasteiger partial charge is 0.314 e. The summed E-state index contributed by atoms with van der Waals surface area (Å²) in [5.74, 6) is 0.702. The zero-order valence-corrected chi connectivity index (χ0v) is 11.3. The molecule has 3 heteroatoms. The van der Waals surface area contributed by atoms with Gasteiger partial charge < -0.3 is 5.32 Å². The van der Waals surface area contributed by atoms with Gasteiger partial charge in [-0.15, -0.1) is 11.3 Å². The van der Waals surface area contributed by atoms with E-state index in [4.69, 9.17) is 0 Å². The maximum Gasteiger partial charge on any atom is 0.0794 e. The molecule has 1 heterocycles. The van der Waals surface area contributed by atoms with Gasteiger partial charge in [-0.2, -0.15) is 0 Å². The van der Waals surface area contributed by atoms with Crippen LogP contribution in [0.3, 0.4) is 0 Å². The van der Waals surface area contributed by atoms with Crippen molar-refractivity contribution >= 4 is 11.3 Å². The van der Waals surface area contributed by atoms with Gasteiger partial charge in [0.05, 0.1) is 5.51 Å². The number of nitrogens with zero attached hydrogens (tertiary/aromatic N) is 1. The van der Waals surface area contributed by atoms with Gasteiger partial charge in [0.25, 0.3) is 0 Å². The van der Waals surface area contributed by atoms with E-state index < -0.39 is 0 Å². The van der Waals surface area contributed by atoms with Gasteiger partial charge in [-0.25, -0.2) is 0 Å². The van der Waals surface area contributed by atoms with E-state index in [1.165, 1.54) is 17.7 Å². The quantitative estimate of drug-likeness (QED) is 0.852. The van der Waals surface area contributed by atoms with Crippen LogP contribution in [0.1, 0.15) is 38.5 Å². The van der Waals surface area contributed by atoms with E-state index in [1.54, 1.807) is 11.3 Å². The molecule has 0 amide bonds. The van der Waals surface area contributed by atoms with Gasteiger partial charge in [0, 0.05) is 17.1 Å². The molecule has 1 fully saturated rings. The van der Waals surface area contributed by atoms with Crippen LogP contribution in [0.4, 0.5) is 0 Å². The lowest BCUT2D eigenvalue weighted by atomic mass is 9.78. The van der Waals surface area contributed by atoms with Crippen molar-refractivity contribution in [1.29, 1.82) is 0 Å². The Balaban J connectivity index is 1.90. The molecule has 0 spiro atoms. The van der Waals surface area contributed by atoms with Crippen LogP contribution in [0.5, 0.6) is 0 Å². The lowest BCUT2D eigenvalue weighted by Crippen LogP contribution is -2.34. The standard InChI is InChI=1S/C13H22N2S/c1-13(2,3)10(7-15-11-4-5-11)6-12-8-14-9-16-12/h8-11,15H,4-7H2,1-3H3. The minimum Gasteiger partial charge on any atom is -0.314 e. The Morgan fingerprint density at radius 3 is 2.75 bits per heavy atom. The van der Waals surface area contributed by atoms with Crippen LogP contribution in [0, 0.1) is 11.3 Å². The lowest BCUT2D eigenvalue weighted by molar-refractivity contribution is 0.231. The molecule has 2 rings (SSSR count). The van der Waals surface area contributed by atoms with E-state index in [0.717, 1.165) is 19.0 Å². The minimum absolute atomic E-state index is 0.367. The van der Waals surface area contributed by atoms with Crippen LogP contribution < -0.4 is 5.32 Å². The van der Waals surface area contributed by atoms with Gasteiger partial charge >= 0.3 is 0 Å². The number of nitrogens with one attached hydrogen (secondary N) is 1. The fourth-order valence-corrected chi connectivity index (χ4v) is 2.54. The topological polar surface area (TPSA) is 24.9 Å². The minimum atomic E-state index is 0.367. The molecule has 1 aromatic rings. The molecule has 0 aliphatic heterocycles. The summed E-state index contributed by atoms with van der Waals surface area (Å²) in [4.78, 5) is 5.58. The first-order valence-corrected chi connectivity index (χ1v) is 7.04. The maximum absolute atomic E-state index is 4.16. The Labute approximate surface area is 102 Å². The average molecular weight is 238 g/mol. The molecule has 0 radical (unpaired) electrons. The molecule has 1 aliphatic carbocycles. The highest BCUT2D eigenvalue weighted by atomic mass is 32.1. The Kier molecular flexibility index (Phi) is 3.65. The highest BCUT2D eigenvalue weighted by molar-refractivity contribution is 7.09. The predicted molar refractivity (Wildman–Crippen MR) is 69.8 cm³/mol. The first-order chi connectivity index (χ1) is 7.55. The first-order valence-electron chi connectivity index (χ1n) is 6.16. The normalized spacial score (nSPS) is 18.7. The Morgan fingerprint density at radius 2 is 2.25 bits per heavy atom. The summed E-state index contributed by atoms with van der Waals surface area (Å²) in [6.07, 6.45) is 5.92. The molecule has 1 aromatic heterocycles. The Bertz CT molecular complexity index is 309. The third-order valence-electron chi connectivity index (χ3n) is 3.39. The zero-order chi connectivity index (χ0) is 11.6. The summed E-state index contributed by atoms with van der Waals surface area (Å²) < 4.78 is 0. The second kappa shape index (κ2) is 4.84. The third-order valence-corrected chi connectivity index (χ3v) is 4.19. The molecule has 0 saturated heterocycles. The molecule has 1 atom stereocenters. The van der Waals surface area contributed by atoms with Crippen LogP contribution in [0.2, 0.25) is 0 Å². The molecule has 0 bridgehead atoms. The van der Waals surface area contributed by atoms with Crippen LogP contribution >= 0.6 is 11.3 Å². The van der Waals surface area contributed by atoms with Gasteiger partial charge in [-0.1, -0.05) is 20.8 Å². The summed E-state index contributed by atoms with van der Waals surface area (Å²) in [7, 11) is 0. The third kappa shape index (κ3) is 3.56. The predicted octanol–water partition coefficient (Wildman–Crippen LogP) is 3.10. The molecule has 0 aromatic carbocycles. The summed E-state index contributed by atoms with van der Waals surface area (Å²) in [5.41, 5.74) is 2.30. The number of hydrogen-bond acceptors (Lipinski definition) is 3. The van der Waals surface area contributed by atoms with Gasteiger partial charge in [-0.3, -0.25) is 4.98 Å². The van der Waals surface area contributed by atoms with Gasteiger partial charge in [0.1, 0.15) is 0 Å². The number of hydrogen-bond donors (Lipinski definition) is 1. The highest BCUT2D eigenvalue weighted by Gasteiger charge is 2.28. The molecule has 16 heavy (non-hydrogen) atoms. The fourth-order valence-electron chi connectivity index (χ4n) is 1.87. The van der Waals surface area contributed by atoms with E-state index >= 15 is 0 Å². The summed E-state index contributed by atoms with van der Waals surface area (Å²) in [6, 6.07) is 0.811. The van der Waals surface area contributed by atoms with E-state index in [2.05, 4.69) is 31.1 Å². The van der Waals surface area contributed by atoms with Gasteiger partial charge in [0.2, 0.25) is 0 Å². The molecule has 2 nitrogen and oxygen atoms in total. The van der Waals surface area contributed by atoms with E-state index in [0.29, 0.717) is 11.3 Å². The molecule has 90 valence electrons. The lowest BCUT2D eigenvalue weighted by Gasteiger charge is -2.30. The van der Waals surface area contributed by atoms with Crippen LogP contribution in [0.25, 0.3) is 0 Å². The summed E-state index contributed by atoms with van der Waals surface area (Å²) in [5, 5.41) is 3.66. The first kappa shape index (κ1) is 12.1. The van der Waals surface area contributed by atoms with Crippen molar-refractivity contribution in [1.82, 2.24) is 10.3 Å². The highest BCUT2D eigenvalue weighted by Crippen LogP contribution is 2.30. The number of rotatable bonds is 5. The number of thiazole rings is 1. The second-order valence-corrected chi connectivity index (χ2v) is 6.89. The van der Waals surface area contributed by atoms with Crippen LogP contribution in [-0.2, 0) is 6.42 Å². The smallest absolute Gasteiger partial charge is 0.0794 e. The zero-order valence-electron chi connectivity index (χ0n) is 10.5. The monoisotopic (exact) mass is 238 g/mol. The Morgan fingerprint density at radius 1 is 1.50 bits per heavy atom. The van der Waals surface area contributed by atoms with Crippen molar-refractivity contribution in [3.05, 3.63) is 16.6 Å². The summed E-state index contributed by atoms with van der Waals surface area (Å²) >= 11 is 1.78. The average Bonchev–Trinajstić information content (AvgIpc) is 2.87. The molecular formula is C13H22N2S. The second-order valence-electron chi connectivity index (χ2n) is 5.92. The van der Waals surface area contributed by atoms with Crippen molar-refractivity contribution in [3.63, 3.8) is 0 Å². The van der Waals surface area contributed by atoms with Crippen molar-refractivity contribution in [2.45, 2.75) is 46.1 Å².